The fourth-order valence-corrected chi connectivity index (χ4v) is 3.04. The van der Waals surface area contributed by atoms with Crippen LogP contribution in [0, 0.1) is 0 Å². The zero-order valence-corrected chi connectivity index (χ0v) is 12.8. The van der Waals surface area contributed by atoms with Gasteiger partial charge in [0, 0.05) is 67.4 Å². The molecule has 3 heterocycles. The van der Waals surface area contributed by atoms with E-state index in [0.29, 0.717) is 5.92 Å². The number of hydrogen-bond donors (Lipinski definition) is 0. The molecule has 0 aromatic carbocycles. The van der Waals surface area contributed by atoms with E-state index in [2.05, 4.69) is 14.9 Å². The summed E-state index contributed by atoms with van der Waals surface area (Å²) in [6.45, 7) is 2.77. The molecule has 0 radical (unpaired) electrons. The third-order valence-electron chi connectivity index (χ3n) is 4.45. The summed E-state index contributed by atoms with van der Waals surface area (Å²) in [6.07, 6.45) is 9.20. The number of pyridine rings is 1. The van der Waals surface area contributed by atoms with Crippen molar-refractivity contribution in [3.63, 3.8) is 0 Å². The molecule has 0 unspecified atom stereocenters. The molecule has 1 aliphatic heterocycles. The third-order valence-corrected chi connectivity index (χ3v) is 4.45. The molecule has 2 aliphatic rings. The Morgan fingerprint density at radius 2 is 2.23 bits per heavy atom. The van der Waals surface area contributed by atoms with E-state index in [1.165, 1.54) is 24.1 Å². The highest BCUT2D eigenvalue weighted by Gasteiger charge is 2.28. The Labute approximate surface area is 130 Å². The van der Waals surface area contributed by atoms with E-state index in [0.717, 1.165) is 43.2 Å². The molecule has 1 saturated carbocycles. The van der Waals surface area contributed by atoms with Crippen molar-refractivity contribution < 1.29 is 4.74 Å². The molecule has 1 aliphatic carbocycles. The van der Waals surface area contributed by atoms with Gasteiger partial charge in [0.05, 0.1) is 7.11 Å². The van der Waals surface area contributed by atoms with Gasteiger partial charge in [0.15, 0.2) is 0 Å². The summed E-state index contributed by atoms with van der Waals surface area (Å²) in [5.41, 5.74) is 3.63. The minimum Gasteiger partial charge on any atom is -0.496 e. The van der Waals surface area contributed by atoms with Crippen molar-refractivity contribution in [3.8, 4) is 5.75 Å². The standard InChI is InChI=1S/C17H20N4O/c1-22-16-4-6-18-8-14(16)11-21-7-5-15-13(10-21)9-19-17(20-15)12-2-3-12/h4,6,8-9,12H,2-3,5,7,10-11H2,1H3. The Morgan fingerprint density at radius 1 is 1.32 bits per heavy atom. The molecule has 0 saturated heterocycles. The van der Waals surface area contributed by atoms with Crippen LogP contribution in [-0.2, 0) is 19.5 Å². The Bertz CT molecular complexity index is 684. The number of nitrogens with zero attached hydrogens (tertiary/aromatic N) is 4. The van der Waals surface area contributed by atoms with Crippen LogP contribution < -0.4 is 4.74 Å². The minimum absolute atomic E-state index is 0.628. The molecule has 5 heteroatoms. The van der Waals surface area contributed by atoms with Crippen molar-refractivity contribution in [3.05, 3.63) is 47.3 Å². The molecule has 0 N–H and O–H groups in total. The number of fused-ring (bicyclic) bond motifs is 1. The molecule has 22 heavy (non-hydrogen) atoms. The van der Waals surface area contributed by atoms with Crippen LogP contribution in [-0.4, -0.2) is 33.5 Å². The summed E-state index contributed by atoms with van der Waals surface area (Å²) in [4.78, 5) is 15.9. The van der Waals surface area contributed by atoms with Crippen LogP contribution in [0.25, 0.3) is 0 Å². The smallest absolute Gasteiger partial charge is 0.131 e. The average molecular weight is 296 g/mol. The molecule has 114 valence electrons. The zero-order valence-electron chi connectivity index (χ0n) is 12.8. The summed E-state index contributed by atoms with van der Waals surface area (Å²) in [6, 6.07) is 1.91. The van der Waals surface area contributed by atoms with E-state index in [1.54, 1.807) is 13.3 Å². The lowest BCUT2D eigenvalue weighted by Gasteiger charge is -2.28. The lowest BCUT2D eigenvalue weighted by molar-refractivity contribution is 0.238. The molecule has 2 aromatic heterocycles. The molecule has 0 amide bonds. The van der Waals surface area contributed by atoms with Gasteiger partial charge in [-0.1, -0.05) is 0 Å². The Morgan fingerprint density at radius 3 is 3.05 bits per heavy atom. The highest BCUT2D eigenvalue weighted by molar-refractivity contribution is 5.30. The fraction of sp³-hybridized carbons (Fsp3) is 0.471. The van der Waals surface area contributed by atoms with Crippen LogP contribution in [0.5, 0.6) is 5.75 Å². The van der Waals surface area contributed by atoms with Crippen LogP contribution in [0.15, 0.2) is 24.7 Å². The Hall–Kier alpha value is -2.01. The van der Waals surface area contributed by atoms with Crippen LogP contribution >= 0.6 is 0 Å². The minimum atomic E-state index is 0.628. The number of rotatable bonds is 4. The van der Waals surface area contributed by atoms with Crippen molar-refractivity contribution in [1.29, 1.82) is 0 Å². The molecule has 1 fully saturated rings. The summed E-state index contributed by atoms with van der Waals surface area (Å²) in [5.74, 6) is 2.59. The van der Waals surface area contributed by atoms with Crippen molar-refractivity contribution in [2.24, 2.45) is 0 Å². The maximum Gasteiger partial charge on any atom is 0.131 e. The third kappa shape index (κ3) is 2.68. The lowest BCUT2D eigenvalue weighted by Crippen LogP contribution is -2.31. The van der Waals surface area contributed by atoms with Crippen molar-refractivity contribution in [2.45, 2.75) is 38.3 Å². The predicted molar refractivity (Wildman–Crippen MR) is 82.6 cm³/mol. The maximum absolute atomic E-state index is 5.41. The predicted octanol–water partition coefficient (Wildman–Crippen LogP) is 2.32. The summed E-state index contributed by atoms with van der Waals surface area (Å²) >= 11 is 0. The van der Waals surface area contributed by atoms with Gasteiger partial charge in [-0.2, -0.15) is 0 Å². The summed E-state index contributed by atoms with van der Waals surface area (Å²) in [7, 11) is 1.71. The number of hydrogen-bond acceptors (Lipinski definition) is 5. The van der Waals surface area contributed by atoms with Crippen molar-refractivity contribution >= 4 is 0 Å². The summed E-state index contributed by atoms with van der Waals surface area (Å²) < 4.78 is 5.41. The molecule has 0 bridgehead atoms. The number of aromatic nitrogens is 3. The van der Waals surface area contributed by atoms with Crippen LogP contribution in [0.2, 0.25) is 0 Å². The topological polar surface area (TPSA) is 51.1 Å². The van der Waals surface area contributed by atoms with Gasteiger partial charge in [-0.05, 0) is 18.9 Å². The van der Waals surface area contributed by atoms with Gasteiger partial charge in [0.1, 0.15) is 11.6 Å². The van der Waals surface area contributed by atoms with E-state index in [9.17, 15) is 0 Å². The molecular formula is C17H20N4O. The van der Waals surface area contributed by atoms with Crippen molar-refractivity contribution in [2.75, 3.05) is 13.7 Å². The first-order chi connectivity index (χ1) is 10.8. The maximum atomic E-state index is 5.41. The zero-order chi connectivity index (χ0) is 14.9. The van der Waals surface area contributed by atoms with Gasteiger partial charge in [-0.25, -0.2) is 9.97 Å². The quantitative estimate of drug-likeness (QED) is 0.866. The van der Waals surface area contributed by atoms with Gasteiger partial charge in [-0.3, -0.25) is 9.88 Å². The van der Waals surface area contributed by atoms with Gasteiger partial charge in [-0.15, -0.1) is 0 Å². The van der Waals surface area contributed by atoms with Crippen LogP contribution in [0.1, 0.15) is 41.4 Å². The normalized spacial score (nSPS) is 18.0. The Kier molecular flexibility index (Phi) is 3.50. The van der Waals surface area contributed by atoms with Crippen LogP contribution in [0.4, 0.5) is 0 Å². The number of methoxy groups -OCH3 is 1. The van der Waals surface area contributed by atoms with Gasteiger partial charge >= 0.3 is 0 Å². The molecule has 0 atom stereocenters. The van der Waals surface area contributed by atoms with E-state index in [1.807, 2.05) is 18.5 Å². The second-order valence-corrected chi connectivity index (χ2v) is 6.12. The first-order valence-corrected chi connectivity index (χ1v) is 7.87. The Balaban J connectivity index is 1.49. The first-order valence-electron chi connectivity index (χ1n) is 7.87. The fourth-order valence-electron chi connectivity index (χ4n) is 3.04. The highest BCUT2D eigenvalue weighted by atomic mass is 16.5. The molecule has 4 rings (SSSR count). The highest BCUT2D eigenvalue weighted by Crippen LogP contribution is 2.38. The van der Waals surface area contributed by atoms with E-state index >= 15 is 0 Å². The molecule has 0 spiro atoms. The van der Waals surface area contributed by atoms with E-state index in [-0.39, 0.29) is 0 Å². The van der Waals surface area contributed by atoms with Gasteiger partial charge in [0.2, 0.25) is 0 Å². The average Bonchev–Trinajstić information content (AvgIpc) is 3.40. The lowest BCUT2D eigenvalue weighted by atomic mass is 10.1. The van der Waals surface area contributed by atoms with Crippen LogP contribution in [0.3, 0.4) is 0 Å². The van der Waals surface area contributed by atoms with E-state index < -0.39 is 0 Å². The number of ether oxygens (including phenoxy) is 1. The monoisotopic (exact) mass is 296 g/mol. The second kappa shape index (κ2) is 5.65. The largest absolute Gasteiger partial charge is 0.496 e. The molecular weight excluding hydrogens is 276 g/mol. The summed E-state index contributed by atoms with van der Waals surface area (Å²) in [5, 5.41) is 0. The molecule has 2 aromatic rings. The first kappa shape index (κ1) is 13.6. The SMILES string of the molecule is COc1ccncc1CN1CCc2nc(C3CC3)ncc2C1. The molecule has 5 nitrogen and oxygen atoms in total. The van der Waals surface area contributed by atoms with E-state index in [4.69, 9.17) is 9.72 Å². The van der Waals surface area contributed by atoms with Crippen molar-refractivity contribution in [1.82, 2.24) is 19.9 Å². The second-order valence-electron chi connectivity index (χ2n) is 6.12. The van der Waals surface area contributed by atoms with Gasteiger partial charge in [0.25, 0.3) is 0 Å². The van der Waals surface area contributed by atoms with Gasteiger partial charge < -0.3 is 4.74 Å².